The molecule has 2 aromatic rings. The Morgan fingerprint density at radius 3 is 2.33 bits per heavy atom. The number of hydrogen-bond donors (Lipinski definition) is 2. The highest BCUT2D eigenvalue weighted by Gasteiger charge is 2.25. The lowest BCUT2D eigenvalue weighted by Crippen LogP contribution is -2.39. The van der Waals surface area contributed by atoms with Gasteiger partial charge in [0.15, 0.2) is 0 Å². The number of sulfonamides is 1. The van der Waals surface area contributed by atoms with E-state index in [1.807, 2.05) is 24.3 Å². The molecule has 2 atom stereocenters. The summed E-state index contributed by atoms with van der Waals surface area (Å²) in [5, 5.41) is 10.7. The Kier molecular flexibility index (Phi) is 4.29. The number of carbonyl (C=O) groups is 1. The first-order valence-corrected chi connectivity index (χ1v) is 8.03. The second-order valence-corrected chi connectivity index (χ2v) is 6.76. The van der Waals surface area contributed by atoms with E-state index in [1.54, 1.807) is 12.1 Å². The van der Waals surface area contributed by atoms with Gasteiger partial charge >= 0.3 is 5.97 Å². The number of carboxylic acids is 1. The van der Waals surface area contributed by atoms with Gasteiger partial charge in [0.25, 0.3) is 0 Å². The summed E-state index contributed by atoms with van der Waals surface area (Å²) in [6.07, 6.45) is 0. The monoisotopic (exact) mass is 307 g/mol. The van der Waals surface area contributed by atoms with Gasteiger partial charge < -0.3 is 5.11 Å². The lowest BCUT2D eigenvalue weighted by Gasteiger charge is -2.18. The van der Waals surface area contributed by atoms with E-state index in [0.29, 0.717) is 0 Å². The molecule has 0 amide bonds. The molecular weight excluding hydrogens is 290 g/mol. The Morgan fingerprint density at radius 1 is 1.10 bits per heavy atom. The molecule has 0 aromatic heterocycles. The Labute approximate surface area is 123 Å². The van der Waals surface area contributed by atoms with E-state index in [2.05, 4.69) is 4.72 Å². The van der Waals surface area contributed by atoms with E-state index in [1.165, 1.54) is 19.9 Å². The van der Waals surface area contributed by atoms with Crippen molar-refractivity contribution < 1.29 is 18.3 Å². The molecule has 5 nitrogen and oxygen atoms in total. The number of aliphatic carboxylic acids is 1. The molecule has 0 saturated heterocycles. The van der Waals surface area contributed by atoms with Crippen molar-refractivity contribution in [2.45, 2.75) is 24.8 Å². The van der Waals surface area contributed by atoms with Crippen molar-refractivity contribution >= 4 is 26.8 Å². The molecule has 2 aromatic carbocycles. The fourth-order valence-corrected chi connectivity index (χ4v) is 3.32. The molecule has 2 N–H and O–H groups in total. The summed E-state index contributed by atoms with van der Waals surface area (Å²) in [5.41, 5.74) is 0. The summed E-state index contributed by atoms with van der Waals surface area (Å²) < 4.78 is 27.0. The third-order valence-electron chi connectivity index (χ3n) is 3.51. The van der Waals surface area contributed by atoms with Crippen LogP contribution in [0, 0.1) is 5.92 Å². The van der Waals surface area contributed by atoms with Crippen LogP contribution in [0.25, 0.3) is 10.8 Å². The summed E-state index contributed by atoms with van der Waals surface area (Å²) in [4.78, 5) is 11.0. The van der Waals surface area contributed by atoms with Gasteiger partial charge in [-0.3, -0.25) is 4.79 Å². The summed E-state index contributed by atoms with van der Waals surface area (Å²) in [5.74, 6) is -1.84. The number of benzene rings is 2. The van der Waals surface area contributed by atoms with Crippen LogP contribution < -0.4 is 4.72 Å². The van der Waals surface area contributed by atoms with Crippen molar-refractivity contribution in [1.82, 2.24) is 4.72 Å². The molecular formula is C15H17NO4S. The maximum Gasteiger partial charge on any atom is 0.307 e. The van der Waals surface area contributed by atoms with Crippen LogP contribution >= 0.6 is 0 Å². The van der Waals surface area contributed by atoms with Gasteiger partial charge in [-0.05, 0) is 29.8 Å². The quantitative estimate of drug-likeness (QED) is 0.887. The van der Waals surface area contributed by atoms with E-state index >= 15 is 0 Å². The largest absolute Gasteiger partial charge is 0.481 e. The lowest BCUT2D eigenvalue weighted by atomic mass is 10.1. The molecule has 2 rings (SSSR count). The second kappa shape index (κ2) is 5.83. The Hall–Kier alpha value is -1.92. The first-order valence-electron chi connectivity index (χ1n) is 6.55. The number of fused-ring (bicyclic) bond motifs is 1. The molecule has 0 bridgehead atoms. The lowest BCUT2D eigenvalue weighted by molar-refractivity contribution is -0.141. The molecule has 0 fully saturated rings. The molecule has 21 heavy (non-hydrogen) atoms. The average molecular weight is 307 g/mol. The maximum absolute atomic E-state index is 12.3. The normalized spacial score (nSPS) is 14.8. The van der Waals surface area contributed by atoms with Crippen molar-refractivity contribution in [3.63, 3.8) is 0 Å². The fraction of sp³-hybridized carbons (Fsp3) is 0.267. The molecule has 0 aliphatic rings. The van der Waals surface area contributed by atoms with Crippen LogP contribution in [-0.2, 0) is 14.8 Å². The van der Waals surface area contributed by atoms with E-state index < -0.39 is 28.0 Å². The summed E-state index contributed by atoms with van der Waals surface area (Å²) in [6.45, 7) is 3.01. The smallest absolute Gasteiger partial charge is 0.307 e. The van der Waals surface area contributed by atoms with Crippen molar-refractivity contribution in [2.24, 2.45) is 5.92 Å². The number of carboxylic acid groups (broad SMARTS) is 1. The van der Waals surface area contributed by atoms with Crippen molar-refractivity contribution in [1.29, 1.82) is 0 Å². The van der Waals surface area contributed by atoms with Crippen molar-refractivity contribution in [2.75, 3.05) is 0 Å². The highest BCUT2D eigenvalue weighted by Crippen LogP contribution is 2.19. The highest BCUT2D eigenvalue weighted by atomic mass is 32.2. The molecule has 112 valence electrons. The molecule has 0 spiro atoms. The van der Waals surface area contributed by atoms with Crippen LogP contribution in [0.15, 0.2) is 47.4 Å². The third kappa shape index (κ3) is 3.40. The van der Waals surface area contributed by atoms with Gasteiger partial charge in [0, 0.05) is 6.04 Å². The average Bonchev–Trinajstić information content (AvgIpc) is 2.45. The van der Waals surface area contributed by atoms with Crippen LogP contribution in [0.2, 0.25) is 0 Å². The SMILES string of the molecule is CC(NS(=O)(=O)c1ccc2ccccc2c1)C(C)C(=O)O. The van der Waals surface area contributed by atoms with Crippen molar-refractivity contribution in [3.8, 4) is 0 Å². The molecule has 0 aliphatic heterocycles. The molecule has 0 heterocycles. The standard InChI is InChI=1S/C15H17NO4S/c1-10(15(17)18)11(2)16-21(19,20)14-8-7-12-5-3-4-6-13(12)9-14/h3-11,16H,1-2H3,(H,17,18). The van der Waals surface area contributed by atoms with Crippen LogP contribution in [0.5, 0.6) is 0 Å². The highest BCUT2D eigenvalue weighted by molar-refractivity contribution is 7.89. The van der Waals surface area contributed by atoms with Gasteiger partial charge in [0.2, 0.25) is 10.0 Å². The molecule has 0 aliphatic carbocycles. The molecule has 6 heteroatoms. The first kappa shape index (κ1) is 15.5. The van der Waals surface area contributed by atoms with Gasteiger partial charge in [-0.2, -0.15) is 0 Å². The van der Waals surface area contributed by atoms with E-state index in [-0.39, 0.29) is 4.90 Å². The Balaban J connectivity index is 2.31. The number of hydrogen-bond acceptors (Lipinski definition) is 3. The van der Waals surface area contributed by atoms with Gasteiger partial charge in [-0.1, -0.05) is 37.3 Å². The summed E-state index contributed by atoms with van der Waals surface area (Å²) in [7, 11) is -3.74. The van der Waals surface area contributed by atoms with Crippen LogP contribution in [-0.4, -0.2) is 25.5 Å². The first-order chi connectivity index (χ1) is 9.81. The van der Waals surface area contributed by atoms with Gasteiger partial charge in [-0.25, -0.2) is 13.1 Å². The van der Waals surface area contributed by atoms with Gasteiger partial charge in [0.1, 0.15) is 0 Å². The minimum absolute atomic E-state index is 0.130. The van der Waals surface area contributed by atoms with E-state index in [4.69, 9.17) is 5.11 Å². The zero-order valence-corrected chi connectivity index (χ0v) is 12.6. The third-order valence-corrected chi connectivity index (χ3v) is 5.07. The van der Waals surface area contributed by atoms with E-state index in [9.17, 15) is 13.2 Å². The van der Waals surface area contributed by atoms with Gasteiger partial charge in [0.05, 0.1) is 10.8 Å². The minimum Gasteiger partial charge on any atom is -0.481 e. The molecule has 0 radical (unpaired) electrons. The fourth-order valence-electron chi connectivity index (χ4n) is 1.96. The van der Waals surface area contributed by atoms with Crippen LogP contribution in [0.4, 0.5) is 0 Å². The predicted molar refractivity (Wildman–Crippen MR) is 80.5 cm³/mol. The topological polar surface area (TPSA) is 83.5 Å². The number of rotatable bonds is 5. The molecule has 2 unspecified atom stereocenters. The molecule has 0 saturated carbocycles. The van der Waals surface area contributed by atoms with Crippen molar-refractivity contribution in [3.05, 3.63) is 42.5 Å². The van der Waals surface area contributed by atoms with E-state index in [0.717, 1.165) is 10.8 Å². The minimum atomic E-state index is -3.74. The zero-order valence-electron chi connectivity index (χ0n) is 11.8. The Bertz CT molecular complexity index is 770. The summed E-state index contributed by atoms with van der Waals surface area (Å²) in [6, 6.07) is 11.6. The van der Waals surface area contributed by atoms with Gasteiger partial charge in [-0.15, -0.1) is 0 Å². The zero-order chi connectivity index (χ0) is 15.6. The Morgan fingerprint density at radius 2 is 1.71 bits per heavy atom. The second-order valence-electron chi connectivity index (χ2n) is 5.05. The predicted octanol–water partition coefficient (Wildman–Crippen LogP) is 2.23. The summed E-state index contributed by atoms with van der Waals surface area (Å²) >= 11 is 0. The maximum atomic E-state index is 12.3. The van der Waals surface area contributed by atoms with Crippen LogP contribution in [0.3, 0.4) is 0 Å². The number of nitrogens with one attached hydrogen (secondary N) is 1. The van der Waals surface area contributed by atoms with Crippen LogP contribution in [0.1, 0.15) is 13.8 Å².